The fourth-order valence-electron chi connectivity index (χ4n) is 2.10. The highest BCUT2D eigenvalue weighted by atomic mass is 16.5. The lowest BCUT2D eigenvalue weighted by Gasteiger charge is -2.10. The van der Waals surface area contributed by atoms with Crippen LogP contribution in [0.3, 0.4) is 0 Å². The Morgan fingerprint density at radius 1 is 1.00 bits per heavy atom. The van der Waals surface area contributed by atoms with Gasteiger partial charge >= 0.3 is 0 Å². The highest BCUT2D eigenvalue weighted by Gasteiger charge is 2.09. The van der Waals surface area contributed by atoms with E-state index < -0.39 is 5.91 Å². The molecular formula is C17H18N2O4. The van der Waals surface area contributed by atoms with Crippen LogP contribution in [0.25, 0.3) is 0 Å². The van der Waals surface area contributed by atoms with Gasteiger partial charge in [0, 0.05) is 11.3 Å². The average molecular weight is 314 g/mol. The van der Waals surface area contributed by atoms with Crippen LogP contribution in [0, 0.1) is 0 Å². The molecule has 0 aromatic heterocycles. The molecule has 0 aliphatic heterocycles. The number of carbonyl (C=O) groups excluding carboxylic acids is 2. The number of ether oxygens (including phenoxy) is 2. The lowest BCUT2D eigenvalue weighted by molar-refractivity contribution is -0.115. The molecule has 0 bridgehead atoms. The van der Waals surface area contributed by atoms with Crippen molar-refractivity contribution in [3.8, 4) is 11.5 Å². The topological polar surface area (TPSA) is 90.6 Å². The summed E-state index contributed by atoms with van der Waals surface area (Å²) in [5.41, 5.74) is 6.96. The first-order valence-electron chi connectivity index (χ1n) is 6.94. The zero-order chi connectivity index (χ0) is 16.8. The highest BCUT2D eigenvalue weighted by Crippen LogP contribution is 2.27. The molecule has 2 rings (SSSR count). The molecule has 23 heavy (non-hydrogen) atoms. The Morgan fingerprint density at radius 3 is 2.22 bits per heavy atom. The van der Waals surface area contributed by atoms with Gasteiger partial charge in [0.05, 0.1) is 20.6 Å². The van der Waals surface area contributed by atoms with Gasteiger partial charge in [-0.3, -0.25) is 9.59 Å². The molecule has 0 spiro atoms. The largest absolute Gasteiger partial charge is 0.493 e. The second-order valence-electron chi connectivity index (χ2n) is 4.86. The fraction of sp³-hybridized carbons (Fsp3) is 0.176. The number of methoxy groups -OCH3 is 2. The first-order valence-corrected chi connectivity index (χ1v) is 6.94. The maximum atomic E-state index is 12.1. The molecule has 2 amide bonds. The van der Waals surface area contributed by atoms with Crippen LogP contribution >= 0.6 is 0 Å². The predicted molar refractivity (Wildman–Crippen MR) is 86.8 cm³/mol. The van der Waals surface area contributed by atoms with Crippen molar-refractivity contribution in [1.29, 1.82) is 0 Å². The summed E-state index contributed by atoms with van der Waals surface area (Å²) in [6, 6.07) is 11.7. The van der Waals surface area contributed by atoms with Crippen LogP contribution in [0.15, 0.2) is 42.5 Å². The smallest absolute Gasteiger partial charge is 0.248 e. The number of rotatable bonds is 6. The van der Waals surface area contributed by atoms with E-state index in [9.17, 15) is 9.59 Å². The van der Waals surface area contributed by atoms with E-state index in [2.05, 4.69) is 5.32 Å². The average Bonchev–Trinajstić information content (AvgIpc) is 2.55. The fourth-order valence-corrected chi connectivity index (χ4v) is 2.10. The van der Waals surface area contributed by atoms with Gasteiger partial charge in [0.2, 0.25) is 11.8 Å². The second-order valence-corrected chi connectivity index (χ2v) is 4.86. The minimum Gasteiger partial charge on any atom is -0.493 e. The van der Waals surface area contributed by atoms with Gasteiger partial charge in [0.1, 0.15) is 0 Å². The molecular weight excluding hydrogens is 296 g/mol. The number of primary amides is 1. The van der Waals surface area contributed by atoms with Crippen LogP contribution < -0.4 is 20.5 Å². The van der Waals surface area contributed by atoms with Gasteiger partial charge in [0.15, 0.2) is 11.5 Å². The Balaban J connectivity index is 2.03. The van der Waals surface area contributed by atoms with Crippen LogP contribution in [-0.4, -0.2) is 26.0 Å². The third kappa shape index (κ3) is 4.23. The molecule has 0 aliphatic carbocycles. The molecule has 0 fully saturated rings. The van der Waals surface area contributed by atoms with Gasteiger partial charge in [-0.25, -0.2) is 0 Å². The van der Waals surface area contributed by atoms with Crippen molar-refractivity contribution in [1.82, 2.24) is 0 Å². The van der Waals surface area contributed by atoms with Crippen molar-refractivity contribution >= 4 is 17.5 Å². The molecule has 0 saturated carbocycles. The Kier molecular flexibility index (Phi) is 5.19. The summed E-state index contributed by atoms with van der Waals surface area (Å²) in [7, 11) is 3.10. The van der Waals surface area contributed by atoms with Crippen molar-refractivity contribution in [3.63, 3.8) is 0 Å². The van der Waals surface area contributed by atoms with Crippen molar-refractivity contribution < 1.29 is 19.1 Å². The quantitative estimate of drug-likeness (QED) is 0.853. The van der Waals surface area contributed by atoms with E-state index in [1.165, 1.54) is 0 Å². The number of nitrogens with one attached hydrogen (secondary N) is 1. The van der Waals surface area contributed by atoms with Crippen LogP contribution in [0.5, 0.6) is 11.5 Å². The first kappa shape index (κ1) is 16.4. The summed E-state index contributed by atoms with van der Waals surface area (Å²) in [5, 5.41) is 2.76. The number of anilines is 1. The number of amides is 2. The number of hydrogen-bond acceptors (Lipinski definition) is 4. The molecule has 3 N–H and O–H groups in total. The van der Waals surface area contributed by atoms with Crippen molar-refractivity contribution in [2.24, 2.45) is 5.73 Å². The van der Waals surface area contributed by atoms with Gasteiger partial charge in [-0.1, -0.05) is 6.07 Å². The van der Waals surface area contributed by atoms with Gasteiger partial charge in [-0.2, -0.15) is 0 Å². The standard InChI is InChI=1S/C17H18N2O4/c1-22-14-8-3-11(9-15(14)23-2)10-16(20)19-13-6-4-12(5-7-13)17(18)21/h3-9H,10H2,1-2H3,(H2,18,21)(H,19,20). The SMILES string of the molecule is COc1ccc(CC(=O)Nc2ccc(C(N)=O)cc2)cc1OC. The summed E-state index contributed by atoms with van der Waals surface area (Å²) >= 11 is 0. The summed E-state index contributed by atoms with van der Waals surface area (Å²) in [4.78, 5) is 23.1. The van der Waals surface area contributed by atoms with E-state index in [0.717, 1.165) is 5.56 Å². The molecule has 2 aromatic carbocycles. The lowest BCUT2D eigenvalue weighted by Crippen LogP contribution is -2.15. The molecule has 2 aromatic rings. The molecule has 0 aliphatic rings. The number of benzene rings is 2. The molecule has 6 nitrogen and oxygen atoms in total. The number of hydrogen-bond donors (Lipinski definition) is 2. The zero-order valence-electron chi connectivity index (χ0n) is 13.0. The third-order valence-electron chi connectivity index (χ3n) is 3.27. The molecule has 0 saturated heterocycles. The van der Waals surface area contributed by atoms with Crippen LogP contribution in [-0.2, 0) is 11.2 Å². The lowest BCUT2D eigenvalue weighted by atomic mass is 10.1. The minimum absolute atomic E-state index is 0.177. The monoisotopic (exact) mass is 314 g/mol. The zero-order valence-corrected chi connectivity index (χ0v) is 13.0. The molecule has 0 atom stereocenters. The van der Waals surface area contributed by atoms with Crippen LogP contribution in [0.4, 0.5) is 5.69 Å². The van der Waals surface area contributed by atoms with E-state index in [4.69, 9.17) is 15.2 Å². The molecule has 0 unspecified atom stereocenters. The number of nitrogens with two attached hydrogens (primary N) is 1. The van der Waals surface area contributed by atoms with Gasteiger partial charge in [-0.15, -0.1) is 0 Å². The number of carbonyl (C=O) groups is 2. The first-order chi connectivity index (χ1) is 11.0. The summed E-state index contributed by atoms with van der Waals surface area (Å²) < 4.78 is 10.4. The van der Waals surface area contributed by atoms with Gasteiger partial charge < -0.3 is 20.5 Å². The van der Waals surface area contributed by atoms with Crippen molar-refractivity contribution in [2.75, 3.05) is 19.5 Å². The third-order valence-corrected chi connectivity index (χ3v) is 3.27. The van der Waals surface area contributed by atoms with Crippen LogP contribution in [0.1, 0.15) is 15.9 Å². The predicted octanol–water partition coefficient (Wildman–Crippen LogP) is 1.98. The Bertz CT molecular complexity index is 711. The Labute approximate surface area is 134 Å². The van der Waals surface area contributed by atoms with Crippen LogP contribution in [0.2, 0.25) is 0 Å². The van der Waals surface area contributed by atoms with E-state index >= 15 is 0 Å². The summed E-state index contributed by atoms with van der Waals surface area (Å²) in [5.74, 6) is 0.500. The van der Waals surface area contributed by atoms with Gasteiger partial charge in [-0.05, 0) is 42.0 Å². The highest BCUT2D eigenvalue weighted by molar-refractivity contribution is 5.95. The van der Waals surface area contributed by atoms with Crippen molar-refractivity contribution in [3.05, 3.63) is 53.6 Å². The summed E-state index contributed by atoms with van der Waals surface area (Å²) in [6.07, 6.45) is 0.192. The van der Waals surface area contributed by atoms with E-state index in [1.54, 1.807) is 56.7 Å². The van der Waals surface area contributed by atoms with E-state index in [-0.39, 0.29) is 12.3 Å². The Morgan fingerprint density at radius 2 is 1.65 bits per heavy atom. The maximum Gasteiger partial charge on any atom is 0.248 e. The minimum atomic E-state index is -0.506. The molecule has 120 valence electrons. The van der Waals surface area contributed by atoms with E-state index in [1.807, 2.05) is 0 Å². The molecule has 6 heteroatoms. The Hall–Kier alpha value is -3.02. The van der Waals surface area contributed by atoms with Crippen molar-refractivity contribution in [2.45, 2.75) is 6.42 Å². The van der Waals surface area contributed by atoms with Gasteiger partial charge in [0.25, 0.3) is 0 Å². The molecule has 0 radical (unpaired) electrons. The summed E-state index contributed by atoms with van der Waals surface area (Å²) in [6.45, 7) is 0. The normalized spacial score (nSPS) is 10.0. The second kappa shape index (κ2) is 7.31. The maximum absolute atomic E-state index is 12.1. The van der Waals surface area contributed by atoms with E-state index in [0.29, 0.717) is 22.7 Å². The molecule has 0 heterocycles.